The van der Waals surface area contributed by atoms with Crippen LogP contribution in [0.3, 0.4) is 0 Å². The van der Waals surface area contributed by atoms with E-state index in [0.717, 1.165) is 83.6 Å². The monoisotopic (exact) mass is 933 g/mol. The lowest BCUT2D eigenvalue weighted by molar-refractivity contribution is -0.800. The van der Waals surface area contributed by atoms with Crippen molar-refractivity contribution in [2.75, 3.05) is 84.6 Å². The third-order valence-corrected chi connectivity index (χ3v) is 8.87. The average molecular weight is 934 g/mol. The second-order valence-corrected chi connectivity index (χ2v) is 16.1. The van der Waals surface area contributed by atoms with E-state index in [1.807, 2.05) is 150 Å². The molecular weight excluding hydrogens is 864 g/mol. The van der Waals surface area contributed by atoms with Gasteiger partial charge in [0.25, 0.3) is 0 Å². The van der Waals surface area contributed by atoms with Crippen LogP contribution in [-0.2, 0) is 0 Å². The first-order valence-corrected chi connectivity index (χ1v) is 20.5. The molecule has 0 unspecified atom stereocenters. The summed E-state index contributed by atoms with van der Waals surface area (Å²) in [5.74, 6) is 0. The molecule has 8 heterocycles. The van der Waals surface area contributed by atoms with Crippen LogP contribution in [0.2, 0.25) is 0 Å². The van der Waals surface area contributed by atoms with Crippen molar-refractivity contribution in [3.63, 3.8) is 0 Å². The Morgan fingerprint density at radius 3 is 1.10 bits per heavy atom. The van der Waals surface area contributed by atoms with Crippen molar-refractivity contribution < 1.29 is 31.0 Å². The normalized spacial score (nSPS) is 11.1. The number of nitrogens with one attached hydrogen (secondary N) is 5. The predicted molar refractivity (Wildman–Crippen MR) is 272 cm³/mol. The predicted octanol–water partition coefficient (Wildman–Crippen LogP) is 1.55. The highest BCUT2D eigenvalue weighted by molar-refractivity contribution is 6.12. The molecule has 67 heavy (non-hydrogen) atoms. The Labute approximate surface area is 400 Å². The molecule has 0 fully saturated rings. The highest BCUT2D eigenvalue weighted by Crippen LogP contribution is 2.22. The molecular formula is C48H69ClN18+2. The van der Waals surface area contributed by atoms with Crippen LogP contribution >= 0.6 is 0 Å². The largest absolute Gasteiger partial charge is 1.00 e. The molecule has 0 aromatic carbocycles. The Balaban J connectivity index is 0.000000307. The van der Waals surface area contributed by atoms with Crippen LogP contribution in [0.5, 0.6) is 0 Å². The van der Waals surface area contributed by atoms with Crippen molar-refractivity contribution in [1.82, 2.24) is 69.6 Å². The number of aromatic amines is 4. The van der Waals surface area contributed by atoms with Crippen LogP contribution in [-0.4, -0.2) is 187 Å². The quantitative estimate of drug-likeness (QED) is 0.0809. The third-order valence-electron chi connectivity index (χ3n) is 8.87. The first-order valence-electron chi connectivity index (χ1n) is 20.5. The molecule has 0 aliphatic heterocycles. The van der Waals surface area contributed by atoms with Gasteiger partial charge < -0.3 is 54.5 Å². The topological polar surface area (TPSA) is 186 Å². The van der Waals surface area contributed by atoms with Crippen LogP contribution in [0.1, 0.15) is 30.2 Å². The molecule has 18 nitrogen and oxygen atoms in total. The molecule has 0 radical (unpaired) electrons. The van der Waals surface area contributed by atoms with Crippen molar-refractivity contribution in [3.8, 4) is 0 Å². The zero-order chi connectivity index (χ0) is 46.3. The second-order valence-electron chi connectivity index (χ2n) is 16.1. The summed E-state index contributed by atoms with van der Waals surface area (Å²) in [7, 11) is 24.2. The standard InChI is InChI=1S/3C13H18N5.C7H7N3.CH4.CH3.ClH/c3*1-17(2)7-10(8-18(3)4)12-11-5-6-14-13(11)16-9-15-12;1-5-6-2-3-8-7(6)10-4-9-5;;;/h3*5-9H,1-4H3,(H,14,15,16);2-4H,1H3,(H,8,9,10);1H4;1H3;1H/q3*+1;;;-1;. The SMILES string of the molecule is C.CN(C)/C=C(/C=[N+](C)C)c1ncnc2[nH]ccc12.CN(C)/C=C(/C=[N+](C)C)c1ncnc2[nH]ccc12.C[N+](C)=C/C(=C/[NH+](C)C)c1ncnc2[nH]ccc12.Cc1ncnc2[nH]ccc12.[CH3-].[Cl-]. The lowest BCUT2D eigenvalue weighted by Crippen LogP contribution is -3.00. The molecule has 19 heteroatoms. The summed E-state index contributed by atoms with van der Waals surface area (Å²) in [5.41, 5.74) is 10.5. The van der Waals surface area contributed by atoms with Crippen LogP contribution in [0, 0.1) is 14.4 Å². The van der Waals surface area contributed by atoms with Gasteiger partial charge in [0.2, 0.25) is 0 Å². The molecule has 8 aromatic rings. The van der Waals surface area contributed by atoms with Crippen LogP contribution in [0.25, 0.3) is 60.9 Å². The highest BCUT2D eigenvalue weighted by atomic mass is 35.5. The smallest absolute Gasteiger partial charge is 0.177 e. The Kier molecular flexibility index (Phi) is 22.0. The molecule has 0 bridgehead atoms. The van der Waals surface area contributed by atoms with E-state index in [1.165, 1.54) is 4.90 Å². The first-order chi connectivity index (χ1) is 30.6. The Bertz CT molecular complexity index is 2700. The number of aryl methyl sites for hydroxylation is 1. The van der Waals surface area contributed by atoms with E-state index in [2.05, 4.69) is 111 Å². The van der Waals surface area contributed by atoms with Crippen LogP contribution in [0.4, 0.5) is 0 Å². The van der Waals surface area contributed by atoms with Crippen molar-refractivity contribution in [1.29, 1.82) is 0 Å². The number of H-pyrrole nitrogens is 4. The van der Waals surface area contributed by atoms with E-state index in [0.29, 0.717) is 0 Å². The maximum absolute atomic E-state index is 4.41. The van der Waals surface area contributed by atoms with Crippen molar-refractivity contribution in [3.05, 3.63) is 123 Å². The highest BCUT2D eigenvalue weighted by Gasteiger charge is 2.14. The van der Waals surface area contributed by atoms with E-state index in [1.54, 1.807) is 25.3 Å². The summed E-state index contributed by atoms with van der Waals surface area (Å²) < 4.78 is 6.04. The molecule has 0 saturated carbocycles. The van der Waals surface area contributed by atoms with E-state index in [9.17, 15) is 0 Å². The molecule has 0 aliphatic carbocycles. The van der Waals surface area contributed by atoms with E-state index in [4.69, 9.17) is 0 Å². The van der Waals surface area contributed by atoms with Gasteiger partial charge in [0.15, 0.2) is 18.6 Å². The van der Waals surface area contributed by atoms with Gasteiger partial charge in [-0.25, -0.2) is 53.6 Å². The Morgan fingerprint density at radius 1 is 0.493 bits per heavy atom. The van der Waals surface area contributed by atoms with Gasteiger partial charge in [0.1, 0.15) is 102 Å². The number of halogens is 1. The molecule has 5 N–H and O–H groups in total. The summed E-state index contributed by atoms with van der Waals surface area (Å²) in [5, 5.41) is 4.21. The molecule has 0 atom stereocenters. The number of hydrogen-bond acceptors (Lipinski definition) is 10. The van der Waals surface area contributed by atoms with Gasteiger partial charge in [0, 0.05) is 86.9 Å². The Morgan fingerprint density at radius 2 is 0.791 bits per heavy atom. The van der Waals surface area contributed by atoms with E-state index >= 15 is 0 Å². The molecule has 8 aromatic heterocycles. The van der Waals surface area contributed by atoms with Crippen molar-refractivity contribution in [2.45, 2.75) is 14.4 Å². The number of nitrogens with zero attached hydrogens (tertiary/aromatic N) is 13. The summed E-state index contributed by atoms with van der Waals surface area (Å²) in [6.45, 7) is 1.97. The van der Waals surface area contributed by atoms with Gasteiger partial charge in [-0.2, -0.15) is 0 Å². The number of hydrogen-bond donors (Lipinski definition) is 5. The number of allylic oxidation sites excluding steroid dienone is 3. The van der Waals surface area contributed by atoms with Crippen molar-refractivity contribution in [2.24, 2.45) is 0 Å². The Hall–Kier alpha value is -7.44. The van der Waals surface area contributed by atoms with Gasteiger partial charge in [0.05, 0.1) is 48.0 Å². The van der Waals surface area contributed by atoms with Gasteiger partial charge in [-0.1, -0.05) is 7.43 Å². The fraction of sp³-hybridized carbons (Fsp3) is 0.292. The number of aromatic nitrogens is 12. The molecule has 8 rings (SSSR count). The fourth-order valence-electron chi connectivity index (χ4n) is 6.49. The van der Waals surface area contributed by atoms with Gasteiger partial charge in [-0.15, -0.1) is 0 Å². The third kappa shape index (κ3) is 15.9. The van der Waals surface area contributed by atoms with E-state index < -0.39 is 0 Å². The molecule has 0 spiro atoms. The zero-order valence-corrected chi connectivity index (χ0v) is 41.3. The minimum atomic E-state index is 0. The van der Waals surface area contributed by atoms with Gasteiger partial charge in [-0.3, -0.25) is 0 Å². The van der Waals surface area contributed by atoms with Crippen molar-refractivity contribution >= 4 is 79.5 Å². The van der Waals surface area contributed by atoms with Gasteiger partial charge >= 0.3 is 0 Å². The zero-order valence-electron chi connectivity index (χ0n) is 40.6. The second kappa shape index (κ2) is 26.5. The summed E-state index contributed by atoms with van der Waals surface area (Å²) in [6.07, 6.45) is 26.2. The minimum absolute atomic E-state index is 0. The number of quaternary nitrogens is 1. The first kappa shape index (κ1) is 55.7. The van der Waals surface area contributed by atoms with Crippen LogP contribution < -0.4 is 17.3 Å². The average Bonchev–Trinajstić information content (AvgIpc) is 4.07. The summed E-state index contributed by atoms with van der Waals surface area (Å²) >= 11 is 0. The fourth-order valence-corrected chi connectivity index (χ4v) is 6.49. The summed E-state index contributed by atoms with van der Waals surface area (Å²) in [6, 6.07) is 7.98. The lowest BCUT2D eigenvalue weighted by Gasteiger charge is -2.07. The lowest BCUT2D eigenvalue weighted by atomic mass is 10.1. The van der Waals surface area contributed by atoms with Gasteiger partial charge in [-0.05, 0) is 31.2 Å². The molecule has 0 saturated heterocycles. The number of fused-ring (bicyclic) bond motifs is 4. The van der Waals surface area contributed by atoms with E-state index in [-0.39, 0.29) is 27.3 Å². The molecule has 0 aliphatic rings. The molecule has 0 amide bonds. The minimum Gasteiger partial charge on any atom is -1.00 e. The number of rotatable bonds is 9. The molecule has 356 valence electrons. The summed E-state index contributed by atoms with van der Waals surface area (Å²) in [4.78, 5) is 51.5. The maximum Gasteiger partial charge on any atom is 0.177 e. The van der Waals surface area contributed by atoms with Crippen LogP contribution in [0.15, 0.2) is 93.0 Å². The maximum atomic E-state index is 4.41.